The van der Waals surface area contributed by atoms with Gasteiger partial charge in [-0.15, -0.1) is 0 Å². The molecule has 1 unspecified atom stereocenters. The van der Waals surface area contributed by atoms with Gasteiger partial charge in [0.25, 0.3) is 0 Å². The SMILES string of the molecule is COc1ncc(C=CC(=O)N(Cc2ccc(N3CCOCC3)cc2)C(Cc2ccccc2)C(=O)N2CCc3ccccc3C2)cn1. The Morgan fingerprint density at radius 1 is 0.891 bits per heavy atom. The topological polar surface area (TPSA) is 88.1 Å². The molecule has 3 aromatic carbocycles. The lowest BCUT2D eigenvalue weighted by Gasteiger charge is -2.37. The molecular formula is C37H39N5O4. The Morgan fingerprint density at radius 2 is 1.59 bits per heavy atom. The van der Waals surface area contributed by atoms with Crippen molar-refractivity contribution in [2.45, 2.75) is 32.0 Å². The van der Waals surface area contributed by atoms with E-state index in [-0.39, 0.29) is 24.4 Å². The van der Waals surface area contributed by atoms with Gasteiger partial charge in [-0.25, -0.2) is 9.97 Å². The number of rotatable bonds is 10. The summed E-state index contributed by atoms with van der Waals surface area (Å²) in [5.41, 5.74) is 6.13. The van der Waals surface area contributed by atoms with Gasteiger partial charge in [-0.05, 0) is 46.9 Å². The summed E-state index contributed by atoms with van der Waals surface area (Å²) in [4.78, 5) is 42.9. The normalized spacial score (nSPS) is 15.3. The van der Waals surface area contributed by atoms with Crippen molar-refractivity contribution in [2.24, 2.45) is 0 Å². The van der Waals surface area contributed by atoms with E-state index in [1.165, 1.54) is 18.7 Å². The molecule has 3 heterocycles. The van der Waals surface area contributed by atoms with Crippen LogP contribution in [0.2, 0.25) is 0 Å². The van der Waals surface area contributed by atoms with Gasteiger partial charge in [-0.2, -0.15) is 0 Å². The van der Waals surface area contributed by atoms with E-state index in [1.807, 2.05) is 59.5 Å². The van der Waals surface area contributed by atoms with Crippen molar-refractivity contribution in [1.82, 2.24) is 19.8 Å². The molecule has 0 saturated carbocycles. The zero-order chi connectivity index (χ0) is 31.7. The number of nitrogens with zero attached hydrogens (tertiary/aromatic N) is 5. The van der Waals surface area contributed by atoms with Gasteiger partial charge in [0.1, 0.15) is 6.04 Å². The Bertz CT molecular complexity index is 1640. The zero-order valence-electron chi connectivity index (χ0n) is 26.1. The predicted octanol–water partition coefficient (Wildman–Crippen LogP) is 4.56. The maximum Gasteiger partial charge on any atom is 0.316 e. The Kier molecular flexibility index (Phi) is 10.00. The highest BCUT2D eigenvalue weighted by molar-refractivity contribution is 5.95. The molecule has 1 saturated heterocycles. The molecule has 0 bridgehead atoms. The molecular weight excluding hydrogens is 578 g/mol. The number of morpholine rings is 1. The molecule has 0 spiro atoms. The van der Waals surface area contributed by atoms with Crippen LogP contribution in [0.1, 0.15) is 27.8 Å². The van der Waals surface area contributed by atoms with Crippen molar-refractivity contribution in [3.05, 3.63) is 125 Å². The van der Waals surface area contributed by atoms with Gasteiger partial charge >= 0.3 is 6.01 Å². The molecule has 236 valence electrons. The lowest BCUT2D eigenvalue weighted by atomic mass is 9.97. The standard InChI is InChI=1S/C37H39N5O4/c1-45-37-38-24-30(25-39-37)13-16-35(43)42(26-29-11-14-33(15-12-29)40-19-21-46-22-20-40)34(23-28-7-3-2-4-8-28)36(44)41-18-17-31-9-5-6-10-32(31)27-41/h2-16,24-25,34H,17-23,26-27H2,1H3. The van der Waals surface area contributed by atoms with Gasteiger partial charge in [-0.3, -0.25) is 9.59 Å². The molecule has 2 aliphatic rings. The molecule has 2 aliphatic heterocycles. The minimum atomic E-state index is -0.712. The van der Waals surface area contributed by atoms with Crippen LogP contribution < -0.4 is 9.64 Å². The number of carbonyl (C=O) groups is 2. The lowest BCUT2D eigenvalue weighted by Crippen LogP contribution is -2.52. The fraction of sp³-hybridized carbons (Fsp3) is 0.297. The molecule has 0 aliphatic carbocycles. The molecule has 1 aromatic heterocycles. The van der Waals surface area contributed by atoms with Crippen molar-refractivity contribution in [3.63, 3.8) is 0 Å². The third kappa shape index (κ3) is 7.61. The van der Waals surface area contributed by atoms with E-state index in [0.29, 0.717) is 38.3 Å². The fourth-order valence-corrected chi connectivity index (χ4v) is 6.02. The van der Waals surface area contributed by atoms with Crippen LogP contribution in [0, 0.1) is 0 Å². The van der Waals surface area contributed by atoms with E-state index in [2.05, 4.69) is 39.1 Å². The number of benzene rings is 3. The van der Waals surface area contributed by atoms with E-state index in [4.69, 9.17) is 9.47 Å². The monoisotopic (exact) mass is 617 g/mol. The first-order valence-electron chi connectivity index (χ1n) is 15.7. The number of carbonyl (C=O) groups excluding carboxylic acids is 2. The van der Waals surface area contributed by atoms with Gasteiger partial charge in [0.15, 0.2) is 0 Å². The quantitative estimate of drug-likeness (QED) is 0.241. The van der Waals surface area contributed by atoms with Crippen LogP contribution >= 0.6 is 0 Å². The molecule has 0 N–H and O–H groups in total. The van der Waals surface area contributed by atoms with Crippen LogP contribution in [0.15, 0.2) is 97.3 Å². The van der Waals surface area contributed by atoms with E-state index in [0.717, 1.165) is 41.9 Å². The number of amides is 2. The van der Waals surface area contributed by atoms with Crippen molar-refractivity contribution in [1.29, 1.82) is 0 Å². The highest BCUT2D eigenvalue weighted by atomic mass is 16.5. The summed E-state index contributed by atoms with van der Waals surface area (Å²) in [6.07, 6.45) is 7.56. The highest BCUT2D eigenvalue weighted by Crippen LogP contribution is 2.24. The lowest BCUT2D eigenvalue weighted by molar-refractivity contribution is -0.144. The van der Waals surface area contributed by atoms with Gasteiger partial charge < -0.3 is 24.2 Å². The van der Waals surface area contributed by atoms with E-state index >= 15 is 0 Å². The molecule has 9 nitrogen and oxygen atoms in total. The number of fused-ring (bicyclic) bond motifs is 1. The first-order valence-corrected chi connectivity index (χ1v) is 15.7. The van der Waals surface area contributed by atoms with Gasteiger partial charge in [0, 0.05) is 68.9 Å². The molecule has 46 heavy (non-hydrogen) atoms. The third-order valence-corrected chi connectivity index (χ3v) is 8.57. The average molecular weight is 618 g/mol. The Hall–Kier alpha value is -5.02. The molecule has 1 atom stereocenters. The van der Waals surface area contributed by atoms with E-state index in [1.54, 1.807) is 23.4 Å². The second-order valence-corrected chi connectivity index (χ2v) is 11.6. The maximum atomic E-state index is 14.5. The summed E-state index contributed by atoms with van der Waals surface area (Å²) in [6, 6.07) is 26.0. The van der Waals surface area contributed by atoms with Crippen LogP contribution in [-0.4, -0.2) is 77.6 Å². The van der Waals surface area contributed by atoms with Crippen LogP contribution in [-0.2, 0) is 40.3 Å². The van der Waals surface area contributed by atoms with E-state index in [9.17, 15) is 9.59 Å². The predicted molar refractivity (Wildman–Crippen MR) is 177 cm³/mol. The smallest absolute Gasteiger partial charge is 0.316 e. The zero-order valence-corrected chi connectivity index (χ0v) is 26.1. The summed E-state index contributed by atoms with van der Waals surface area (Å²) < 4.78 is 10.6. The second kappa shape index (κ2) is 14.8. The van der Waals surface area contributed by atoms with E-state index < -0.39 is 6.04 Å². The van der Waals surface area contributed by atoms with Crippen LogP contribution in [0.5, 0.6) is 6.01 Å². The van der Waals surface area contributed by atoms with Crippen LogP contribution in [0.3, 0.4) is 0 Å². The van der Waals surface area contributed by atoms with Crippen LogP contribution in [0.4, 0.5) is 5.69 Å². The fourth-order valence-electron chi connectivity index (χ4n) is 6.02. The molecule has 1 fully saturated rings. The Balaban J connectivity index is 1.32. The van der Waals surface area contributed by atoms with Gasteiger partial charge in [0.05, 0.1) is 20.3 Å². The summed E-state index contributed by atoms with van der Waals surface area (Å²) in [5.74, 6) is -0.322. The minimum Gasteiger partial charge on any atom is -0.467 e. The molecule has 4 aromatic rings. The molecule has 9 heteroatoms. The largest absolute Gasteiger partial charge is 0.467 e. The first kappa shape index (κ1) is 31.0. The Morgan fingerprint density at radius 3 is 2.30 bits per heavy atom. The molecule has 0 radical (unpaired) electrons. The van der Waals surface area contributed by atoms with Crippen LogP contribution in [0.25, 0.3) is 6.08 Å². The van der Waals surface area contributed by atoms with Crippen molar-refractivity contribution >= 4 is 23.6 Å². The third-order valence-electron chi connectivity index (χ3n) is 8.57. The Labute approximate surface area is 270 Å². The number of methoxy groups -OCH3 is 1. The second-order valence-electron chi connectivity index (χ2n) is 11.6. The van der Waals surface area contributed by atoms with Gasteiger partial charge in [-0.1, -0.05) is 66.7 Å². The number of hydrogen-bond donors (Lipinski definition) is 0. The summed E-state index contributed by atoms with van der Waals surface area (Å²) in [7, 11) is 1.50. The molecule has 2 amide bonds. The summed E-state index contributed by atoms with van der Waals surface area (Å²) >= 11 is 0. The van der Waals surface area contributed by atoms with Gasteiger partial charge in [0.2, 0.25) is 11.8 Å². The number of aromatic nitrogens is 2. The maximum absolute atomic E-state index is 14.5. The van der Waals surface area contributed by atoms with Crippen molar-refractivity contribution in [2.75, 3.05) is 44.9 Å². The summed E-state index contributed by atoms with van der Waals surface area (Å²) in [5, 5.41) is 0. The van der Waals surface area contributed by atoms with Crippen molar-refractivity contribution in [3.8, 4) is 6.01 Å². The highest BCUT2D eigenvalue weighted by Gasteiger charge is 2.34. The number of anilines is 1. The number of hydrogen-bond acceptors (Lipinski definition) is 7. The number of ether oxygens (including phenoxy) is 2. The average Bonchev–Trinajstić information content (AvgIpc) is 3.13. The van der Waals surface area contributed by atoms with Crippen molar-refractivity contribution < 1.29 is 19.1 Å². The first-order chi connectivity index (χ1) is 22.6. The summed E-state index contributed by atoms with van der Waals surface area (Å²) in [6.45, 7) is 4.51. The minimum absolute atomic E-state index is 0.0576. The molecule has 6 rings (SSSR count).